The summed E-state index contributed by atoms with van der Waals surface area (Å²) in [6, 6.07) is 7.72. The van der Waals surface area contributed by atoms with Crippen molar-refractivity contribution in [3.8, 4) is 11.5 Å². The average Bonchev–Trinajstić information content (AvgIpc) is 3.20. The first-order chi connectivity index (χ1) is 10.7. The van der Waals surface area contributed by atoms with E-state index in [2.05, 4.69) is 30.1 Å². The smallest absolute Gasteiger partial charge is 0.203 e. The topological polar surface area (TPSA) is 135 Å². The molecule has 0 spiro atoms. The van der Waals surface area contributed by atoms with Crippen LogP contribution in [-0.2, 0) is 6.54 Å². The SMILES string of the molecule is Nc1nnc(Cn2c(-c3nonc3N)nc3ccccc32)s1. The van der Waals surface area contributed by atoms with Crippen molar-refractivity contribution in [1.29, 1.82) is 0 Å². The molecule has 10 heteroatoms. The first-order valence-electron chi connectivity index (χ1n) is 6.34. The Morgan fingerprint density at radius 1 is 1.14 bits per heavy atom. The summed E-state index contributed by atoms with van der Waals surface area (Å²) in [6.07, 6.45) is 0. The van der Waals surface area contributed by atoms with Gasteiger partial charge in [0.15, 0.2) is 17.3 Å². The third-order valence-electron chi connectivity index (χ3n) is 3.16. The molecule has 0 aliphatic heterocycles. The third-order valence-corrected chi connectivity index (χ3v) is 3.89. The molecule has 0 radical (unpaired) electrons. The van der Waals surface area contributed by atoms with Crippen LogP contribution in [0.15, 0.2) is 28.9 Å². The molecule has 1 aromatic carbocycles. The van der Waals surface area contributed by atoms with Crippen LogP contribution in [0.4, 0.5) is 10.9 Å². The van der Waals surface area contributed by atoms with Gasteiger partial charge in [-0.2, -0.15) is 0 Å². The second-order valence-electron chi connectivity index (χ2n) is 4.54. The molecule has 0 unspecified atom stereocenters. The number of rotatable bonds is 3. The lowest BCUT2D eigenvalue weighted by molar-refractivity contribution is 0.310. The van der Waals surface area contributed by atoms with E-state index >= 15 is 0 Å². The summed E-state index contributed by atoms with van der Waals surface area (Å²) in [4.78, 5) is 4.56. The van der Waals surface area contributed by atoms with Crippen LogP contribution in [0, 0.1) is 0 Å². The summed E-state index contributed by atoms with van der Waals surface area (Å²) in [5, 5.41) is 16.5. The number of imidazole rings is 1. The van der Waals surface area contributed by atoms with E-state index in [4.69, 9.17) is 11.5 Å². The molecule has 0 saturated heterocycles. The molecular formula is C12H10N8OS. The van der Waals surface area contributed by atoms with E-state index in [0.717, 1.165) is 16.0 Å². The number of anilines is 2. The molecule has 4 rings (SSSR count). The van der Waals surface area contributed by atoms with Gasteiger partial charge in [0, 0.05) is 0 Å². The van der Waals surface area contributed by atoms with Crippen LogP contribution in [-0.4, -0.2) is 30.1 Å². The van der Waals surface area contributed by atoms with E-state index in [0.29, 0.717) is 23.2 Å². The highest BCUT2D eigenvalue weighted by Crippen LogP contribution is 2.28. The summed E-state index contributed by atoms with van der Waals surface area (Å²) < 4.78 is 6.62. The molecule has 0 aliphatic carbocycles. The first-order valence-corrected chi connectivity index (χ1v) is 7.15. The Labute approximate surface area is 127 Å². The zero-order valence-corrected chi connectivity index (χ0v) is 12.0. The predicted octanol–water partition coefficient (Wildman–Crippen LogP) is 1.15. The summed E-state index contributed by atoms with van der Waals surface area (Å²) in [5.41, 5.74) is 13.6. The highest BCUT2D eigenvalue weighted by atomic mass is 32.1. The number of benzene rings is 1. The van der Waals surface area contributed by atoms with Crippen molar-refractivity contribution in [2.75, 3.05) is 11.5 Å². The fourth-order valence-electron chi connectivity index (χ4n) is 2.23. The minimum Gasteiger partial charge on any atom is -0.379 e. The normalized spacial score (nSPS) is 11.3. The van der Waals surface area contributed by atoms with Crippen LogP contribution in [0.5, 0.6) is 0 Å². The van der Waals surface area contributed by atoms with Crippen LogP contribution in [0.2, 0.25) is 0 Å². The van der Waals surface area contributed by atoms with Crippen LogP contribution in [0.3, 0.4) is 0 Å². The lowest BCUT2D eigenvalue weighted by Crippen LogP contribution is -2.03. The van der Waals surface area contributed by atoms with E-state index < -0.39 is 0 Å². The molecule has 9 nitrogen and oxygen atoms in total. The summed E-state index contributed by atoms with van der Waals surface area (Å²) in [6.45, 7) is 0.455. The van der Waals surface area contributed by atoms with Gasteiger partial charge in [0.1, 0.15) is 5.01 Å². The minimum atomic E-state index is 0.188. The molecule has 0 bridgehead atoms. The molecule has 0 fully saturated rings. The van der Waals surface area contributed by atoms with E-state index in [-0.39, 0.29) is 5.82 Å². The van der Waals surface area contributed by atoms with Gasteiger partial charge < -0.3 is 16.0 Å². The molecule has 4 N–H and O–H groups in total. The maximum Gasteiger partial charge on any atom is 0.203 e. The van der Waals surface area contributed by atoms with E-state index in [9.17, 15) is 0 Å². The van der Waals surface area contributed by atoms with Crippen LogP contribution in [0.25, 0.3) is 22.6 Å². The fourth-order valence-corrected chi connectivity index (χ4v) is 2.83. The largest absolute Gasteiger partial charge is 0.379 e. The first kappa shape index (κ1) is 12.7. The Bertz CT molecular complexity index is 955. The standard InChI is InChI=1S/C12H10N8OS/c13-10-9(18-21-19-10)11-15-6-3-1-2-4-7(6)20(11)5-8-16-17-12(14)22-8/h1-4H,5H2,(H2,13,19)(H2,14,17). The lowest BCUT2D eigenvalue weighted by Gasteiger charge is -2.04. The van der Waals surface area contributed by atoms with Gasteiger partial charge in [0.05, 0.1) is 17.6 Å². The van der Waals surface area contributed by atoms with Crippen molar-refractivity contribution in [3.63, 3.8) is 0 Å². The van der Waals surface area contributed by atoms with Crippen LogP contribution in [0.1, 0.15) is 5.01 Å². The van der Waals surface area contributed by atoms with Gasteiger partial charge in [-0.3, -0.25) is 0 Å². The Morgan fingerprint density at radius 3 is 2.73 bits per heavy atom. The summed E-state index contributed by atoms with van der Waals surface area (Å²) in [7, 11) is 0. The monoisotopic (exact) mass is 314 g/mol. The molecule has 0 atom stereocenters. The van der Waals surface area contributed by atoms with Gasteiger partial charge in [-0.15, -0.1) is 10.2 Å². The number of nitrogen functional groups attached to an aromatic ring is 2. The highest BCUT2D eigenvalue weighted by molar-refractivity contribution is 7.15. The molecule has 110 valence electrons. The summed E-state index contributed by atoms with van der Waals surface area (Å²) >= 11 is 1.32. The maximum absolute atomic E-state index is 5.79. The molecule has 0 aliphatic rings. The van der Waals surface area contributed by atoms with Crippen LogP contribution >= 0.6 is 11.3 Å². The zero-order chi connectivity index (χ0) is 15.1. The Hall–Kier alpha value is -3.01. The lowest BCUT2D eigenvalue weighted by atomic mass is 10.3. The third kappa shape index (κ3) is 1.97. The number of nitrogens with two attached hydrogens (primary N) is 2. The number of aromatic nitrogens is 6. The van der Waals surface area contributed by atoms with Gasteiger partial charge in [0.25, 0.3) is 0 Å². The Balaban J connectivity index is 1.92. The maximum atomic E-state index is 5.79. The number of fused-ring (bicyclic) bond motifs is 1. The highest BCUT2D eigenvalue weighted by Gasteiger charge is 2.19. The molecule has 0 saturated carbocycles. The summed E-state index contributed by atoms with van der Waals surface area (Å²) in [5.74, 6) is 0.752. The second-order valence-corrected chi connectivity index (χ2v) is 5.64. The Kier molecular flexibility index (Phi) is 2.76. The molecule has 0 amide bonds. The molecule has 22 heavy (non-hydrogen) atoms. The van der Waals surface area contributed by atoms with Crippen molar-refractivity contribution in [1.82, 2.24) is 30.1 Å². The number of hydrogen-bond acceptors (Lipinski definition) is 9. The fraction of sp³-hybridized carbons (Fsp3) is 0.0833. The van der Waals surface area contributed by atoms with Crippen molar-refractivity contribution >= 4 is 33.3 Å². The predicted molar refractivity (Wildman–Crippen MR) is 80.9 cm³/mol. The molecular weight excluding hydrogens is 304 g/mol. The van der Waals surface area contributed by atoms with Gasteiger partial charge in [-0.05, 0) is 22.4 Å². The van der Waals surface area contributed by atoms with E-state index in [1.807, 2.05) is 28.8 Å². The number of nitrogens with zero attached hydrogens (tertiary/aromatic N) is 6. The van der Waals surface area contributed by atoms with Crippen molar-refractivity contribution in [3.05, 3.63) is 29.3 Å². The quantitative estimate of drug-likeness (QED) is 0.575. The average molecular weight is 314 g/mol. The van der Waals surface area contributed by atoms with Crippen molar-refractivity contribution in [2.45, 2.75) is 6.54 Å². The van der Waals surface area contributed by atoms with Gasteiger partial charge >= 0.3 is 0 Å². The van der Waals surface area contributed by atoms with Crippen LogP contribution < -0.4 is 11.5 Å². The van der Waals surface area contributed by atoms with E-state index in [1.54, 1.807) is 0 Å². The van der Waals surface area contributed by atoms with Crippen molar-refractivity contribution < 1.29 is 4.63 Å². The van der Waals surface area contributed by atoms with E-state index in [1.165, 1.54) is 11.3 Å². The molecule has 4 aromatic rings. The van der Waals surface area contributed by atoms with Crippen molar-refractivity contribution in [2.24, 2.45) is 0 Å². The van der Waals surface area contributed by atoms with Gasteiger partial charge in [0.2, 0.25) is 5.13 Å². The van der Waals surface area contributed by atoms with Gasteiger partial charge in [-0.25, -0.2) is 9.61 Å². The van der Waals surface area contributed by atoms with Gasteiger partial charge in [-0.1, -0.05) is 23.5 Å². The zero-order valence-electron chi connectivity index (χ0n) is 11.2. The number of para-hydroxylation sites is 2. The minimum absolute atomic E-state index is 0.188. The Morgan fingerprint density at radius 2 is 2.00 bits per heavy atom. The molecule has 3 heterocycles. The second kappa shape index (κ2) is 4.77. The molecule has 3 aromatic heterocycles. The number of hydrogen-bond donors (Lipinski definition) is 2.